The molecule has 0 atom stereocenters. The number of rotatable bonds is 19. The quantitative estimate of drug-likeness (QED) is 0.0713. The Morgan fingerprint density at radius 3 is 1.73 bits per heavy atom. The number of unbranched alkanes of at least 4 members (excludes halogenated alkanes) is 2. The normalized spacial score (nSPS) is 13.5. The molecule has 0 saturated heterocycles. The fraction of sp³-hybridized carbons (Fsp3) is 0.950. The number of likely N-dealkylation sites (N-methyl/N-ethyl adjacent to an activating group) is 1. The van der Waals surface area contributed by atoms with Crippen molar-refractivity contribution in [1.29, 1.82) is 0 Å². The highest BCUT2D eigenvalue weighted by Crippen LogP contribution is 2.36. The number of hydrogen-bond acceptors (Lipinski definition) is 10. The molecule has 0 aliphatic carbocycles. The molecule has 0 amide bonds. The molecule has 0 fully saturated rings. The van der Waals surface area contributed by atoms with E-state index in [0.717, 1.165) is 40.7 Å². The van der Waals surface area contributed by atoms with Crippen LogP contribution in [0.4, 0.5) is 26.3 Å². The zero-order chi connectivity index (χ0) is 32.6. The first kappa shape index (κ1) is 42.1. The molecule has 0 bridgehead atoms. The van der Waals surface area contributed by atoms with Gasteiger partial charge in [-0.3, -0.25) is 4.79 Å². The van der Waals surface area contributed by atoms with Gasteiger partial charge in [-0.25, -0.2) is 16.8 Å². The van der Waals surface area contributed by atoms with E-state index >= 15 is 0 Å². The smallest absolute Gasteiger partial charge is 0.460 e. The van der Waals surface area contributed by atoms with Gasteiger partial charge in [0.1, 0.15) is 13.2 Å². The summed E-state index contributed by atoms with van der Waals surface area (Å²) in [5, 5.41) is 3.25. The molecule has 0 radical (unpaired) electrons. The lowest BCUT2D eigenvalue weighted by Gasteiger charge is -2.29. The molecular weight excluding hydrogens is 632 g/mol. The first-order valence-corrected chi connectivity index (χ1v) is 17.1. The second-order valence-corrected chi connectivity index (χ2v) is 15.6. The Hall–Kier alpha value is -1.07. The van der Waals surface area contributed by atoms with Crippen LogP contribution in [0.1, 0.15) is 39.0 Å². The summed E-state index contributed by atoms with van der Waals surface area (Å²) in [5.41, 5.74) is -12.4. The van der Waals surface area contributed by atoms with E-state index in [1.54, 1.807) is 21.3 Å². The Labute approximate surface area is 239 Å². The summed E-state index contributed by atoms with van der Waals surface area (Å²) in [6.45, 7) is 6.10. The van der Waals surface area contributed by atoms with E-state index in [-0.39, 0.29) is 5.97 Å². The van der Waals surface area contributed by atoms with Crippen LogP contribution in [-0.2, 0) is 42.9 Å². The van der Waals surface area contributed by atoms with E-state index in [2.05, 4.69) is 26.3 Å². The highest BCUT2D eigenvalue weighted by atomic mass is 32.3. The molecule has 0 aliphatic heterocycles. The Kier molecular flexibility index (Phi) is 19.0. The molecule has 41 heavy (non-hydrogen) atoms. The standard InChI is InChI=1S/C18H41N2O5Si.C2F6NO4S2/c1-7-8-9-14-20(2,3)15-16-25-18(21)11-13-19-12-10-17-26(22-4,23-5)24-6;3-1(4,5)14(10,11)9-15(12,13)2(6,7)8/h19H,7-17H2,1-6H3;/q+1;-1. The van der Waals surface area contributed by atoms with Gasteiger partial charge in [-0.15, -0.1) is 0 Å². The summed E-state index contributed by atoms with van der Waals surface area (Å²) in [5.74, 6) is -0.138. The Morgan fingerprint density at radius 1 is 0.829 bits per heavy atom. The van der Waals surface area contributed by atoms with E-state index < -0.39 is 39.9 Å². The van der Waals surface area contributed by atoms with Gasteiger partial charge in [-0.2, -0.15) is 26.3 Å². The van der Waals surface area contributed by atoms with Gasteiger partial charge in [0.05, 0.1) is 27.1 Å². The van der Waals surface area contributed by atoms with Crippen molar-refractivity contribution in [3.05, 3.63) is 4.13 Å². The largest absolute Gasteiger partial charge is 0.500 e. The lowest BCUT2D eigenvalue weighted by Crippen LogP contribution is -2.43. The molecule has 248 valence electrons. The van der Waals surface area contributed by atoms with Crippen molar-refractivity contribution in [3.63, 3.8) is 0 Å². The molecule has 0 aromatic rings. The number of esters is 1. The zero-order valence-corrected chi connectivity index (χ0v) is 26.6. The second kappa shape index (κ2) is 18.6. The number of carbonyl (C=O) groups excluding carboxylic acids is 1. The lowest BCUT2D eigenvalue weighted by atomic mass is 10.2. The average molecular weight is 674 g/mol. The number of halogens is 6. The van der Waals surface area contributed by atoms with Gasteiger partial charge in [0.2, 0.25) is 0 Å². The molecule has 0 rings (SSSR count). The van der Waals surface area contributed by atoms with E-state index in [4.69, 9.17) is 18.0 Å². The van der Waals surface area contributed by atoms with E-state index in [0.29, 0.717) is 19.6 Å². The maximum Gasteiger partial charge on any atom is 0.500 e. The summed E-state index contributed by atoms with van der Waals surface area (Å²) >= 11 is 0. The number of sulfonamides is 2. The van der Waals surface area contributed by atoms with Crippen molar-refractivity contribution in [1.82, 2.24) is 5.32 Å². The van der Waals surface area contributed by atoms with Crippen LogP contribution in [0.3, 0.4) is 0 Å². The minimum Gasteiger partial charge on any atom is -0.460 e. The first-order chi connectivity index (χ1) is 18.6. The van der Waals surface area contributed by atoms with Gasteiger partial charge in [-0.05, 0) is 25.8 Å². The van der Waals surface area contributed by atoms with Crippen molar-refractivity contribution in [2.75, 3.05) is 68.2 Å². The number of nitrogens with zero attached hydrogens (tertiary/aromatic N) is 2. The predicted octanol–water partition coefficient (Wildman–Crippen LogP) is 3.10. The number of nitrogens with one attached hydrogen (secondary N) is 1. The summed E-state index contributed by atoms with van der Waals surface area (Å²) in [6.07, 6.45) is 4.98. The van der Waals surface area contributed by atoms with Gasteiger partial charge in [0, 0.05) is 33.9 Å². The van der Waals surface area contributed by atoms with Gasteiger partial charge in [0.15, 0.2) is 20.0 Å². The van der Waals surface area contributed by atoms with Crippen LogP contribution in [-0.4, -0.2) is 115 Å². The van der Waals surface area contributed by atoms with Crippen LogP contribution >= 0.6 is 0 Å². The van der Waals surface area contributed by atoms with Gasteiger partial charge in [0.25, 0.3) is 0 Å². The van der Waals surface area contributed by atoms with Gasteiger partial charge >= 0.3 is 25.8 Å². The molecule has 12 nitrogen and oxygen atoms in total. The lowest BCUT2D eigenvalue weighted by molar-refractivity contribution is -0.890. The number of hydrogen-bond donors (Lipinski definition) is 1. The van der Waals surface area contributed by atoms with E-state index in [1.807, 2.05) is 0 Å². The molecular formula is C20H41F6N3O9S2Si. The minimum atomic E-state index is -6.72. The summed E-state index contributed by atoms with van der Waals surface area (Å²) in [7, 11) is -6.69. The highest BCUT2D eigenvalue weighted by Gasteiger charge is 2.47. The number of quaternary nitrogens is 1. The van der Waals surface area contributed by atoms with Crippen molar-refractivity contribution in [3.8, 4) is 0 Å². The molecule has 21 heteroatoms. The van der Waals surface area contributed by atoms with Crippen molar-refractivity contribution >= 4 is 34.8 Å². The van der Waals surface area contributed by atoms with Crippen LogP contribution in [0, 0.1) is 0 Å². The summed E-state index contributed by atoms with van der Waals surface area (Å²) in [4.78, 5) is 11.8. The first-order valence-electron chi connectivity index (χ1n) is 12.3. The third-order valence-electron chi connectivity index (χ3n) is 5.38. The zero-order valence-electron chi connectivity index (χ0n) is 23.9. The number of alkyl halides is 6. The molecule has 0 aromatic carbocycles. The number of carbonyl (C=O) groups is 1. The van der Waals surface area contributed by atoms with Crippen LogP contribution < -0.4 is 5.32 Å². The molecule has 0 heterocycles. The van der Waals surface area contributed by atoms with Crippen LogP contribution in [0.2, 0.25) is 6.04 Å². The Bertz CT molecular complexity index is 912. The molecule has 0 spiro atoms. The minimum absolute atomic E-state index is 0.138. The maximum absolute atomic E-state index is 11.8. The van der Waals surface area contributed by atoms with Gasteiger partial charge in [-0.1, -0.05) is 13.3 Å². The van der Waals surface area contributed by atoms with E-state index in [9.17, 15) is 48.0 Å². The SMILES string of the molecule is CCCCC[N+](C)(C)CCOC(=O)CCNCCC[Si](OC)(OC)OC.O=S(=O)([N-]S(=O)(=O)C(F)(F)F)C(F)(F)F. The number of ether oxygens (including phenoxy) is 1. The summed E-state index contributed by atoms with van der Waals surface area (Å²) in [6, 6.07) is 0.749. The van der Waals surface area contributed by atoms with Crippen LogP contribution in [0.25, 0.3) is 4.13 Å². The maximum atomic E-state index is 11.8. The van der Waals surface area contributed by atoms with E-state index in [1.165, 1.54) is 19.3 Å². The monoisotopic (exact) mass is 673 g/mol. The highest BCUT2D eigenvalue weighted by molar-refractivity contribution is 8.13. The third kappa shape index (κ3) is 17.6. The Balaban J connectivity index is 0. The third-order valence-corrected chi connectivity index (χ3v) is 11.0. The van der Waals surface area contributed by atoms with Crippen molar-refractivity contribution in [2.45, 2.75) is 56.1 Å². The fourth-order valence-electron chi connectivity index (χ4n) is 2.90. The fourth-order valence-corrected chi connectivity index (χ4v) is 6.33. The molecule has 1 N–H and O–H groups in total. The molecule has 0 aromatic heterocycles. The molecule has 0 aliphatic rings. The van der Waals surface area contributed by atoms with Crippen molar-refractivity contribution in [2.24, 2.45) is 0 Å². The topological polar surface area (TPSA) is 148 Å². The second-order valence-electron chi connectivity index (χ2n) is 9.13. The van der Waals surface area contributed by atoms with Crippen molar-refractivity contribution < 1.29 is 70.5 Å². The predicted molar refractivity (Wildman–Crippen MR) is 139 cm³/mol. The molecule has 0 saturated carbocycles. The van der Waals surface area contributed by atoms with Crippen LogP contribution in [0.5, 0.6) is 0 Å². The van der Waals surface area contributed by atoms with Gasteiger partial charge < -0.3 is 31.9 Å². The van der Waals surface area contributed by atoms with Crippen LogP contribution in [0.15, 0.2) is 0 Å². The molecule has 0 unspecified atom stereocenters. The summed E-state index contributed by atoms with van der Waals surface area (Å²) < 4.78 is 132. The Morgan fingerprint density at radius 2 is 1.32 bits per heavy atom. The average Bonchev–Trinajstić information content (AvgIpc) is 2.82.